The van der Waals surface area contributed by atoms with Crippen molar-refractivity contribution in [1.29, 1.82) is 0 Å². The number of carbonyl (C=O) groups excluding carboxylic acids is 2. The van der Waals surface area contributed by atoms with Crippen LogP contribution < -0.4 is 16.0 Å². The molecule has 1 atom stereocenters. The van der Waals surface area contributed by atoms with Crippen molar-refractivity contribution in [2.24, 2.45) is 0 Å². The molecule has 1 aliphatic carbocycles. The highest BCUT2D eigenvalue weighted by Crippen LogP contribution is 2.29. The molecule has 28 heavy (non-hydrogen) atoms. The lowest BCUT2D eigenvalue weighted by atomic mass is 9.81. The summed E-state index contributed by atoms with van der Waals surface area (Å²) in [5.41, 5.74) is 2.34. The molecular formula is C23H29N3O2. The molecular weight excluding hydrogens is 350 g/mol. The molecule has 5 nitrogen and oxygen atoms in total. The molecule has 0 aromatic heterocycles. The number of rotatable bonds is 5. The van der Waals surface area contributed by atoms with Gasteiger partial charge in [-0.05, 0) is 30.9 Å². The maximum atomic E-state index is 13.0. The van der Waals surface area contributed by atoms with Crippen molar-refractivity contribution in [3.63, 3.8) is 0 Å². The number of hydrogen-bond acceptors (Lipinski definition) is 2. The van der Waals surface area contributed by atoms with Gasteiger partial charge in [-0.2, -0.15) is 0 Å². The minimum absolute atomic E-state index is 0.117. The van der Waals surface area contributed by atoms with Crippen molar-refractivity contribution in [1.82, 2.24) is 16.0 Å². The summed E-state index contributed by atoms with van der Waals surface area (Å²) in [5, 5.41) is 8.81. The lowest BCUT2D eigenvalue weighted by Crippen LogP contribution is -2.61. The van der Waals surface area contributed by atoms with Gasteiger partial charge in [-0.25, -0.2) is 4.79 Å². The van der Waals surface area contributed by atoms with Gasteiger partial charge in [0.1, 0.15) is 5.54 Å². The average molecular weight is 380 g/mol. The van der Waals surface area contributed by atoms with Gasteiger partial charge in [0.2, 0.25) is 5.91 Å². The summed E-state index contributed by atoms with van der Waals surface area (Å²) in [4.78, 5) is 25.5. The van der Waals surface area contributed by atoms with Crippen LogP contribution in [-0.4, -0.2) is 24.5 Å². The molecule has 0 radical (unpaired) electrons. The maximum absolute atomic E-state index is 13.0. The Morgan fingerprint density at radius 1 is 0.893 bits per heavy atom. The van der Waals surface area contributed by atoms with Crippen molar-refractivity contribution in [2.75, 3.05) is 7.05 Å². The van der Waals surface area contributed by atoms with Gasteiger partial charge >= 0.3 is 6.03 Å². The number of hydrogen-bond donors (Lipinski definition) is 3. The zero-order valence-electron chi connectivity index (χ0n) is 16.6. The average Bonchev–Trinajstić information content (AvgIpc) is 2.73. The fourth-order valence-electron chi connectivity index (χ4n) is 3.95. The number of amides is 3. The summed E-state index contributed by atoms with van der Waals surface area (Å²) in [7, 11) is 1.62. The number of carbonyl (C=O) groups is 2. The molecule has 5 heteroatoms. The predicted molar refractivity (Wildman–Crippen MR) is 111 cm³/mol. The van der Waals surface area contributed by atoms with Gasteiger partial charge in [-0.15, -0.1) is 0 Å². The third-order valence-corrected chi connectivity index (χ3v) is 5.54. The second-order valence-electron chi connectivity index (χ2n) is 7.57. The van der Waals surface area contributed by atoms with E-state index in [1.165, 1.54) is 5.56 Å². The summed E-state index contributed by atoms with van der Waals surface area (Å²) in [6.45, 7) is 2.04. The van der Waals surface area contributed by atoms with E-state index in [9.17, 15) is 9.59 Å². The third-order valence-electron chi connectivity index (χ3n) is 5.54. The third kappa shape index (κ3) is 4.53. The van der Waals surface area contributed by atoms with Crippen LogP contribution >= 0.6 is 0 Å². The molecule has 1 aliphatic rings. The molecule has 3 rings (SSSR count). The molecule has 0 unspecified atom stereocenters. The molecule has 0 spiro atoms. The van der Waals surface area contributed by atoms with E-state index in [2.05, 4.69) is 16.0 Å². The Morgan fingerprint density at radius 2 is 1.50 bits per heavy atom. The van der Waals surface area contributed by atoms with Crippen molar-refractivity contribution in [3.8, 4) is 0 Å². The summed E-state index contributed by atoms with van der Waals surface area (Å²) < 4.78 is 0. The minimum atomic E-state index is -0.828. The Hall–Kier alpha value is -2.82. The number of nitrogens with one attached hydrogen (secondary N) is 3. The Kier molecular flexibility index (Phi) is 6.34. The van der Waals surface area contributed by atoms with E-state index in [0.717, 1.165) is 30.4 Å². The van der Waals surface area contributed by atoms with Gasteiger partial charge in [0.05, 0.1) is 6.04 Å². The Labute approximate surface area is 166 Å². The van der Waals surface area contributed by atoms with E-state index in [4.69, 9.17) is 0 Å². The molecule has 2 aromatic carbocycles. The normalized spacial score (nSPS) is 16.6. The smallest absolute Gasteiger partial charge is 0.316 e. The zero-order valence-corrected chi connectivity index (χ0v) is 16.6. The molecule has 1 saturated carbocycles. The first-order valence-corrected chi connectivity index (χ1v) is 9.96. The number of benzene rings is 2. The largest absolute Gasteiger partial charge is 0.357 e. The Balaban J connectivity index is 1.82. The van der Waals surface area contributed by atoms with Gasteiger partial charge in [-0.3, -0.25) is 4.79 Å². The van der Waals surface area contributed by atoms with Crippen molar-refractivity contribution in [3.05, 3.63) is 71.3 Å². The standard InChI is InChI=1S/C23H29N3O2/c1-17-11-13-19(14-12-17)20(18-9-5-3-6-10-18)25-22(28)26-23(21(27)24-2)15-7-4-8-16-23/h3,5-6,9-14,20H,4,7-8,15-16H2,1-2H3,(H,24,27)(H2,25,26,28)/t20-/m1/s1. The molecule has 3 amide bonds. The SMILES string of the molecule is CNC(=O)C1(NC(=O)N[C@H](c2ccccc2)c2ccc(C)cc2)CCCCC1. The van der Waals surface area contributed by atoms with E-state index in [1.807, 2.05) is 61.5 Å². The van der Waals surface area contributed by atoms with Crippen LogP contribution in [0.15, 0.2) is 54.6 Å². The van der Waals surface area contributed by atoms with Crippen LogP contribution in [0.4, 0.5) is 4.79 Å². The van der Waals surface area contributed by atoms with Crippen molar-refractivity contribution < 1.29 is 9.59 Å². The first kappa shape index (κ1) is 19.9. The lowest BCUT2D eigenvalue weighted by Gasteiger charge is -2.36. The van der Waals surface area contributed by atoms with Crippen LogP contribution in [0, 0.1) is 6.92 Å². The van der Waals surface area contributed by atoms with E-state index < -0.39 is 5.54 Å². The topological polar surface area (TPSA) is 70.2 Å². The number of urea groups is 1. The quantitative estimate of drug-likeness (QED) is 0.739. The predicted octanol–water partition coefficient (Wildman–Crippen LogP) is 3.83. The van der Waals surface area contributed by atoms with E-state index >= 15 is 0 Å². The lowest BCUT2D eigenvalue weighted by molar-refractivity contribution is -0.128. The summed E-state index contributed by atoms with van der Waals surface area (Å²) >= 11 is 0. The molecule has 2 aromatic rings. The van der Waals surface area contributed by atoms with Crippen LogP contribution in [-0.2, 0) is 4.79 Å². The first-order chi connectivity index (χ1) is 13.5. The summed E-state index contributed by atoms with van der Waals surface area (Å²) in [5.74, 6) is -0.117. The second-order valence-corrected chi connectivity index (χ2v) is 7.57. The van der Waals surface area contributed by atoms with Crippen molar-refractivity contribution in [2.45, 2.75) is 50.6 Å². The van der Waals surface area contributed by atoms with Gasteiger partial charge in [0.25, 0.3) is 0 Å². The van der Waals surface area contributed by atoms with Gasteiger partial charge < -0.3 is 16.0 Å². The highest BCUT2D eigenvalue weighted by molar-refractivity contribution is 5.91. The molecule has 0 aliphatic heterocycles. The van der Waals surface area contributed by atoms with E-state index in [0.29, 0.717) is 12.8 Å². The highest BCUT2D eigenvalue weighted by Gasteiger charge is 2.40. The van der Waals surface area contributed by atoms with Crippen LogP contribution in [0.3, 0.4) is 0 Å². The summed E-state index contributed by atoms with van der Waals surface area (Å²) in [6.07, 6.45) is 4.31. The van der Waals surface area contributed by atoms with Crippen LogP contribution in [0.1, 0.15) is 54.8 Å². The van der Waals surface area contributed by atoms with Crippen LogP contribution in [0.25, 0.3) is 0 Å². The van der Waals surface area contributed by atoms with Crippen LogP contribution in [0.2, 0.25) is 0 Å². The Morgan fingerprint density at radius 3 is 2.11 bits per heavy atom. The fourth-order valence-corrected chi connectivity index (χ4v) is 3.95. The highest BCUT2D eigenvalue weighted by atomic mass is 16.2. The van der Waals surface area contributed by atoms with Gasteiger partial charge in [-0.1, -0.05) is 79.4 Å². The molecule has 0 bridgehead atoms. The molecule has 0 heterocycles. The zero-order chi connectivity index (χ0) is 20.0. The minimum Gasteiger partial charge on any atom is -0.357 e. The molecule has 148 valence electrons. The van der Waals surface area contributed by atoms with Gasteiger partial charge in [0.15, 0.2) is 0 Å². The van der Waals surface area contributed by atoms with Gasteiger partial charge in [0, 0.05) is 7.05 Å². The molecule has 0 saturated heterocycles. The molecule has 3 N–H and O–H groups in total. The number of likely N-dealkylation sites (N-methyl/N-ethyl adjacent to an activating group) is 1. The summed E-state index contributed by atoms with van der Waals surface area (Å²) in [6, 6.07) is 17.4. The first-order valence-electron chi connectivity index (χ1n) is 9.96. The van der Waals surface area contributed by atoms with E-state index in [1.54, 1.807) is 7.05 Å². The Bertz CT molecular complexity index is 796. The molecule has 1 fully saturated rings. The van der Waals surface area contributed by atoms with Crippen LogP contribution in [0.5, 0.6) is 0 Å². The fraction of sp³-hybridized carbons (Fsp3) is 0.391. The maximum Gasteiger partial charge on any atom is 0.316 e. The van der Waals surface area contributed by atoms with Crippen molar-refractivity contribution >= 4 is 11.9 Å². The monoisotopic (exact) mass is 379 g/mol. The van der Waals surface area contributed by atoms with E-state index in [-0.39, 0.29) is 18.0 Å². The number of aryl methyl sites for hydroxylation is 1. The second kappa shape index (κ2) is 8.91.